The molecule has 0 radical (unpaired) electrons. The second kappa shape index (κ2) is 62.4. The fourth-order valence-electron chi connectivity index (χ4n) is 9.97. The van der Waals surface area contributed by atoms with Crippen LogP contribution in [0.3, 0.4) is 0 Å². The fourth-order valence-corrected chi connectivity index (χ4v) is 9.97. The van der Waals surface area contributed by atoms with E-state index in [9.17, 15) is 14.4 Å². The molecule has 0 spiro atoms. The van der Waals surface area contributed by atoms with Crippen molar-refractivity contribution in [2.24, 2.45) is 0 Å². The molecule has 73 heavy (non-hydrogen) atoms. The standard InChI is InChI=1S/C67H126O6/c1-4-7-10-13-16-19-22-25-27-29-30-31-32-33-34-35-36-38-39-42-45-48-51-54-57-60-66(69)72-63-64(62-71-65(68)59-56-53-50-47-44-41-24-21-18-15-12-9-6-3)73-67(70)61-58-55-52-49-46-43-40-37-28-26-23-20-17-14-11-8-5-2/h21,24,26,28,64H,4-20,22-23,25,27,29-63H2,1-3H3/b24-21-,28-26-. The van der Waals surface area contributed by atoms with Crippen molar-refractivity contribution >= 4 is 17.9 Å². The van der Waals surface area contributed by atoms with E-state index >= 15 is 0 Å². The molecule has 0 aromatic rings. The first-order valence-corrected chi connectivity index (χ1v) is 32.8. The van der Waals surface area contributed by atoms with Gasteiger partial charge in [-0.2, -0.15) is 0 Å². The molecule has 1 unspecified atom stereocenters. The lowest BCUT2D eigenvalue weighted by Crippen LogP contribution is -2.30. The number of hydrogen-bond acceptors (Lipinski definition) is 6. The highest BCUT2D eigenvalue weighted by molar-refractivity contribution is 5.71. The summed E-state index contributed by atoms with van der Waals surface area (Å²) >= 11 is 0. The van der Waals surface area contributed by atoms with Gasteiger partial charge in [-0.3, -0.25) is 14.4 Å². The summed E-state index contributed by atoms with van der Waals surface area (Å²) in [4.78, 5) is 38.3. The number of rotatable bonds is 61. The van der Waals surface area contributed by atoms with E-state index in [1.54, 1.807) is 0 Å². The maximum absolute atomic E-state index is 12.9. The minimum atomic E-state index is -0.774. The van der Waals surface area contributed by atoms with Gasteiger partial charge in [0, 0.05) is 19.3 Å². The van der Waals surface area contributed by atoms with E-state index in [1.165, 1.54) is 263 Å². The third-order valence-corrected chi connectivity index (χ3v) is 14.9. The molecule has 0 bridgehead atoms. The molecule has 0 aromatic carbocycles. The molecule has 0 N–H and O–H groups in total. The molecule has 430 valence electrons. The minimum absolute atomic E-state index is 0.0707. The van der Waals surface area contributed by atoms with E-state index in [2.05, 4.69) is 45.1 Å². The average molecular weight is 1030 g/mol. The van der Waals surface area contributed by atoms with E-state index < -0.39 is 6.10 Å². The zero-order valence-corrected chi connectivity index (χ0v) is 49.4. The molecule has 0 heterocycles. The van der Waals surface area contributed by atoms with E-state index in [0.717, 1.165) is 64.2 Å². The van der Waals surface area contributed by atoms with Crippen LogP contribution >= 0.6 is 0 Å². The molecule has 0 saturated carbocycles. The lowest BCUT2D eigenvalue weighted by Gasteiger charge is -2.18. The number of ether oxygens (including phenoxy) is 3. The smallest absolute Gasteiger partial charge is 0.306 e. The first kappa shape index (κ1) is 70.9. The maximum atomic E-state index is 12.9. The molecule has 6 nitrogen and oxygen atoms in total. The van der Waals surface area contributed by atoms with Gasteiger partial charge >= 0.3 is 17.9 Å². The van der Waals surface area contributed by atoms with E-state index in [0.29, 0.717) is 19.3 Å². The molecule has 0 rings (SSSR count). The normalized spacial score (nSPS) is 12.1. The number of carbonyl (C=O) groups is 3. The number of unbranched alkanes of at least 4 members (excludes halogenated alkanes) is 46. The summed E-state index contributed by atoms with van der Waals surface area (Å²) in [6.07, 6.45) is 74.8. The molecule has 0 amide bonds. The fraction of sp³-hybridized carbons (Fsp3) is 0.896. The molecular weight excluding hydrogens is 901 g/mol. The van der Waals surface area contributed by atoms with Crippen LogP contribution in [0.4, 0.5) is 0 Å². The number of hydrogen-bond donors (Lipinski definition) is 0. The summed E-state index contributed by atoms with van der Waals surface area (Å²) in [6, 6.07) is 0. The molecule has 1 atom stereocenters. The van der Waals surface area contributed by atoms with Crippen molar-refractivity contribution in [1.29, 1.82) is 0 Å². The van der Waals surface area contributed by atoms with E-state index in [-0.39, 0.29) is 31.1 Å². The number of esters is 3. The van der Waals surface area contributed by atoms with Crippen LogP contribution in [0.1, 0.15) is 367 Å². The average Bonchev–Trinajstić information content (AvgIpc) is 3.39. The summed E-state index contributed by atoms with van der Waals surface area (Å²) in [6.45, 7) is 6.68. The number of allylic oxidation sites excluding steroid dienone is 4. The maximum Gasteiger partial charge on any atom is 0.306 e. The Hall–Kier alpha value is -2.11. The van der Waals surface area contributed by atoms with Crippen molar-refractivity contribution in [3.8, 4) is 0 Å². The van der Waals surface area contributed by atoms with Gasteiger partial charge in [-0.25, -0.2) is 0 Å². The Balaban J connectivity index is 4.22. The first-order valence-electron chi connectivity index (χ1n) is 32.8. The monoisotopic (exact) mass is 1030 g/mol. The molecule has 0 fully saturated rings. The molecule has 0 aliphatic carbocycles. The second-order valence-electron chi connectivity index (χ2n) is 22.4. The van der Waals surface area contributed by atoms with Gasteiger partial charge in [-0.1, -0.05) is 302 Å². The van der Waals surface area contributed by atoms with Gasteiger partial charge in [0.15, 0.2) is 6.10 Å². The molecule has 0 saturated heterocycles. The molecule has 6 heteroatoms. The Labute approximate surface area is 455 Å². The van der Waals surface area contributed by atoms with Crippen LogP contribution in [0.25, 0.3) is 0 Å². The van der Waals surface area contributed by atoms with Crippen LogP contribution in [0.2, 0.25) is 0 Å². The topological polar surface area (TPSA) is 78.9 Å². The van der Waals surface area contributed by atoms with Crippen LogP contribution in [-0.2, 0) is 28.6 Å². The van der Waals surface area contributed by atoms with Gasteiger partial charge in [0.25, 0.3) is 0 Å². The SMILES string of the molecule is CCCCCC/C=C\CCCCCCCC(=O)OCC(COC(=O)CCCCCCCCCCCCCCCCCCCCCCCCCCC)OC(=O)CCCCCCCCC/C=C\CCCCCCCC. The third kappa shape index (κ3) is 60.6. The van der Waals surface area contributed by atoms with Crippen LogP contribution in [-0.4, -0.2) is 37.2 Å². The Morgan fingerprint density at radius 2 is 0.452 bits per heavy atom. The quantitative estimate of drug-likeness (QED) is 0.0261. The first-order chi connectivity index (χ1) is 36.0. The molecule has 0 aliphatic heterocycles. The van der Waals surface area contributed by atoms with Crippen molar-refractivity contribution in [1.82, 2.24) is 0 Å². The highest BCUT2D eigenvalue weighted by Crippen LogP contribution is 2.18. The van der Waals surface area contributed by atoms with Crippen molar-refractivity contribution in [3.63, 3.8) is 0 Å². The molecular formula is C67H126O6. The summed E-state index contributed by atoms with van der Waals surface area (Å²) in [5, 5.41) is 0. The largest absolute Gasteiger partial charge is 0.462 e. The van der Waals surface area contributed by atoms with Gasteiger partial charge in [0.05, 0.1) is 0 Å². The van der Waals surface area contributed by atoms with Crippen LogP contribution in [0.5, 0.6) is 0 Å². The van der Waals surface area contributed by atoms with Crippen LogP contribution in [0.15, 0.2) is 24.3 Å². The molecule has 0 aromatic heterocycles. The highest BCUT2D eigenvalue weighted by Gasteiger charge is 2.19. The van der Waals surface area contributed by atoms with Gasteiger partial charge < -0.3 is 14.2 Å². The predicted molar refractivity (Wildman–Crippen MR) is 316 cm³/mol. The van der Waals surface area contributed by atoms with Crippen LogP contribution < -0.4 is 0 Å². The minimum Gasteiger partial charge on any atom is -0.462 e. The van der Waals surface area contributed by atoms with Crippen molar-refractivity contribution < 1.29 is 28.6 Å². The summed E-state index contributed by atoms with van der Waals surface area (Å²) in [7, 11) is 0. The molecule has 0 aliphatic rings. The summed E-state index contributed by atoms with van der Waals surface area (Å²) in [5.74, 6) is -0.859. The Bertz CT molecular complexity index is 1180. The Morgan fingerprint density at radius 1 is 0.260 bits per heavy atom. The van der Waals surface area contributed by atoms with Gasteiger partial charge in [-0.15, -0.1) is 0 Å². The lowest BCUT2D eigenvalue weighted by molar-refractivity contribution is -0.167. The number of carbonyl (C=O) groups excluding carboxylic acids is 3. The summed E-state index contributed by atoms with van der Waals surface area (Å²) in [5.41, 5.74) is 0. The zero-order chi connectivity index (χ0) is 52.9. The highest BCUT2D eigenvalue weighted by atomic mass is 16.6. The Morgan fingerprint density at radius 3 is 0.699 bits per heavy atom. The van der Waals surface area contributed by atoms with Crippen molar-refractivity contribution in [2.75, 3.05) is 13.2 Å². The van der Waals surface area contributed by atoms with Gasteiger partial charge in [0.2, 0.25) is 0 Å². The van der Waals surface area contributed by atoms with Crippen molar-refractivity contribution in [2.45, 2.75) is 374 Å². The van der Waals surface area contributed by atoms with E-state index in [1.807, 2.05) is 0 Å². The zero-order valence-electron chi connectivity index (χ0n) is 49.4. The predicted octanol–water partition coefficient (Wildman–Crippen LogP) is 22.2. The van der Waals surface area contributed by atoms with E-state index in [4.69, 9.17) is 14.2 Å². The summed E-state index contributed by atoms with van der Waals surface area (Å²) < 4.78 is 16.9. The third-order valence-electron chi connectivity index (χ3n) is 14.9. The van der Waals surface area contributed by atoms with Crippen molar-refractivity contribution in [3.05, 3.63) is 24.3 Å². The Kier molecular flexibility index (Phi) is 60.6. The van der Waals surface area contributed by atoms with Gasteiger partial charge in [-0.05, 0) is 70.6 Å². The lowest BCUT2D eigenvalue weighted by atomic mass is 10.0. The second-order valence-corrected chi connectivity index (χ2v) is 22.4. The van der Waals surface area contributed by atoms with Crippen LogP contribution in [0, 0.1) is 0 Å². The van der Waals surface area contributed by atoms with Gasteiger partial charge in [0.1, 0.15) is 13.2 Å².